The Hall–Kier alpha value is -2.68. The molecule has 0 aliphatic heterocycles. The molecule has 6 nitrogen and oxygen atoms in total. The molecular weight excluding hydrogens is 208 g/mol. The number of aromatic nitrogens is 2. The predicted molar refractivity (Wildman–Crippen MR) is 56.5 cm³/mol. The lowest BCUT2D eigenvalue weighted by Gasteiger charge is -1.95. The largest absolute Gasteiger partial charge is 0.390 e. The molecule has 0 aliphatic rings. The van der Waals surface area contributed by atoms with Crippen LogP contribution in [0.2, 0.25) is 0 Å². The number of hydrogen-bond donors (Lipinski definition) is 0. The summed E-state index contributed by atoms with van der Waals surface area (Å²) in [6.45, 7) is 6.79. The fourth-order valence-corrected chi connectivity index (χ4v) is 1.24. The average molecular weight is 214 g/mol. The number of benzene rings is 1. The van der Waals surface area contributed by atoms with Crippen molar-refractivity contribution in [3.05, 3.63) is 58.1 Å². The first-order valence-electron chi connectivity index (χ1n) is 4.38. The molecule has 0 aliphatic carbocycles. The molecule has 0 amide bonds. The van der Waals surface area contributed by atoms with Crippen molar-refractivity contribution in [1.82, 2.24) is 9.78 Å². The lowest BCUT2D eigenvalue weighted by Crippen LogP contribution is -1.95. The summed E-state index contributed by atoms with van der Waals surface area (Å²) in [5.74, 6) is -0.200. The van der Waals surface area contributed by atoms with E-state index in [2.05, 4.69) is 9.94 Å². The van der Waals surface area contributed by atoms with Gasteiger partial charge in [-0.3, -0.25) is 0 Å². The van der Waals surface area contributed by atoms with E-state index in [1.54, 1.807) is 24.3 Å². The monoisotopic (exact) mass is 214 g/mol. The Balaban J connectivity index is 2.36. The Morgan fingerprint density at radius 2 is 2.00 bits per heavy atom. The van der Waals surface area contributed by atoms with Crippen LogP contribution in [0.3, 0.4) is 0 Å². The molecule has 0 bridgehead atoms. The molecule has 0 unspecified atom stereocenters. The highest BCUT2D eigenvalue weighted by atomic mass is 16.6. The minimum Gasteiger partial charge on any atom is -0.358 e. The zero-order valence-corrected chi connectivity index (χ0v) is 8.07. The third kappa shape index (κ3) is 1.74. The van der Waals surface area contributed by atoms with Gasteiger partial charge in [-0.15, -0.1) is 4.68 Å². The van der Waals surface area contributed by atoms with Gasteiger partial charge >= 0.3 is 5.82 Å². The summed E-state index contributed by atoms with van der Waals surface area (Å²) in [7, 11) is 0. The van der Waals surface area contributed by atoms with E-state index in [0.717, 1.165) is 0 Å². The van der Waals surface area contributed by atoms with Crippen molar-refractivity contribution in [3.63, 3.8) is 0 Å². The molecule has 1 aromatic carbocycles. The molecule has 2 aromatic rings. The van der Waals surface area contributed by atoms with Gasteiger partial charge in [-0.2, -0.15) is 0 Å². The van der Waals surface area contributed by atoms with Crippen LogP contribution in [-0.4, -0.2) is 14.7 Å². The molecule has 2 rings (SSSR count). The molecule has 16 heavy (non-hydrogen) atoms. The van der Waals surface area contributed by atoms with Gasteiger partial charge < -0.3 is 10.1 Å². The topological polar surface area (TPSA) is 65.3 Å². The van der Waals surface area contributed by atoms with Gasteiger partial charge in [-0.25, -0.2) is 4.85 Å². The normalized spacial score (nSPS) is 9.69. The molecule has 0 N–H and O–H groups in total. The van der Waals surface area contributed by atoms with E-state index in [4.69, 9.17) is 6.57 Å². The predicted octanol–water partition coefficient (Wildman–Crippen LogP) is 2.33. The summed E-state index contributed by atoms with van der Waals surface area (Å²) in [6, 6.07) is 7.96. The fraction of sp³-hybridized carbons (Fsp3) is 0. The van der Waals surface area contributed by atoms with Crippen molar-refractivity contribution < 1.29 is 4.92 Å². The van der Waals surface area contributed by atoms with Crippen LogP contribution in [0.1, 0.15) is 0 Å². The summed E-state index contributed by atoms with van der Waals surface area (Å²) in [5.41, 5.74) is 1.20. The van der Waals surface area contributed by atoms with Gasteiger partial charge in [0.25, 0.3) is 0 Å². The second-order valence-corrected chi connectivity index (χ2v) is 3.00. The molecule has 0 atom stereocenters. The first-order valence-corrected chi connectivity index (χ1v) is 4.38. The maximum atomic E-state index is 10.4. The lowest BCUT2D eigenvalue weighted by atomic mass is 10.3. The Labute approximate surface area is 90.7 Å². The molecular formula is C10H6N4O2. The standard InChI is InChI=1S/C10H6N4O2/c1-11-8-2-4-9(5-3-8)13-7-6-10(12-13)14(15)16/h2-7H. The van der Waals surface area contributed by atoms with Gasteiger partial charge in [0.05, 0.1) is 29.6 Å². The van der Waals surface area contributed by atoms with Gasteiger partial charge in [0.1, 0.15) is 0 Å². The molecule has 0 saturated heterocycles. The van der Waals surface area contributed by atoms with Gasteiger partial charge in [0.2, 0.25) is 0 Å². The zero-order valence-electron chi connectivity index (χ0n) is 8.07. The van der Waals surface area contributed by atoms with Crippen LogP contribution in [0.4, 0.5) is 11.5 Å². The van der Waals surface area contributed by atoms with E-state index in [-0.39, 0.29) is 5.82 Å². The quantitative estimate of drug-likeness (QED) is 0.437. The summed E-state index contributed by atoms with van der Waals surface area (Å²) < 4.78 is 1.39. The van der Waals surface area contributed by atoms with Crippen molar-refractivity contribution in [1.29, 1.82) is 0 Å². The Morgan fingerprint density at radius 1 is 1.31 bits per heavy atom. The Morgan fingerprint density at radius 3 is 2.50 bits per heavy atom. The molecule has 78 valence electrons. The highest BCUT2D eigenvalue weighted by molar-refractivity contribution is 5.49. The number of nitrogens with zero attached hydrogens (tertiary/aromatic N) is 4. The summed E-state index contributed by atoms with van der Waals surface area (Å²) in [4.78, 5) is 13.1. The summed E-state index contributed by atoms with van der Waals surface area (Å²) in [6.07, 6.45) is 1.50. The molecule has 1 aromatic heterocycles. The molecule has 0 fully saturated rings. The summed E-state index contributed by atoms with van der Waals surface area (Å²) in [5, 5.41) is 14.2. The minimum atomic E-state index is -0.552. The zero-order chi connectivity index (χ0) is 11.5. The third-order valence-electron chi connectivity index (χ3n) is 2.01. The Bertz CT molecular complexity index is 565. The first kappa shape index (κ1) is 9.86. The van der Waals surface area contributed by atoms with Crippen molar-refractivity contribution >= 4 is 11.5 Å². The molecule has 0 radical (unpaired) electrons. The van der Waals surface area contributed by atoms with Crippen LogP contribution in [0.25, 0.3) is 10.5 Å². The van der Waals surface area contributed by atoms with Crippen molar-refractivity contribution in [2.45, 2.75) is 0 Å². The average Bonchev–Trinajstić information content (AvgIpc) is 2.78. The van der Waals surface area contributed by atoms with Crippen LogP contribution >= 0.6 is 0 Å². The van der Waals surface area contributed by atoms with Gasteiger partial charge in [0, 0.05) is 0 Å². The third-order valence-corrected chi connectivity index (χ3v) is 2.01. The van der Waals surface area contributed by atoms with Crippen molar-refractivity contribution in [2.24, 2.45) is 0 Å². The second kappa shape index (κ2) is 3.82. The summed E-state index contributed by atoms with van der Waals surface area (Å²) >= 11 is 0. The van der Waals surface area contributed by atoms with Crippen LogP contribution in [0, 0.1) is 16.7 Å². The smallest absolute Gasteiger partial charge is 0.358 e. The highest BCUT2D eigenvalue weighted by Crippen LogP contribution is 2.16. The molecule has 6 heteroatoms. The number of rotatable bonds is 2. The number of hydrogen-bond acceptors (Lipinski definition) is 3. The van der Waals surface area contributed by atoms with Crippen LogP contribution in [-0.2, 0) is 0 Å². The lowest BCUT2D eigenvalue weighted by molar-refractivity contribution is -0.389. The first-order chi connectivity index (χ1) is 7.70. The highest BCUT2D eigenvalue weighted by Gasteiger charge is 2.11. The maximum Gasteiger partial charge on any atom is 0.390 e. The van der Waals surface area contributed by atoms with Gasteiger partial charge in [-0.1, -0.05) is 12.1 Å². The van der Waals surface area contributed by atoms with E-state index in [1.165, 1.54) is 16.9 Å². The minimum absolute atomic E-state index is 0.200. The van der Waals surface area contributed by atoms with E-state index in [0.29, 0.717) is 11.4 Å². The van der Waals surface area contributed by atoms with Crippen molar-refractivity contribution in [2.75, 3.05) is 0 Å². The molecule has 0 saturated carbocycles. The number of nitro groups is 1. The fourth-order valence-electron chi connectivity index (χ4n) is 1.24. The molecule has 1 heterocycles. The Kier molecular flexibility index (Phi) is 2.36. The van der Waals surface area contributed by atoms with E-state index in [9.17, 15) is 10.1 Å². The maximum absolute atomic E-state index is 10.4. The SMILES string of the molecule is [C-]#[N+]c1ccc(-n2ccc([N+](=O)[O-])n2)cc1. The molecule has 0 spiro atoms. The van der Waals surface area contributed by atoms with Crippen molar-refractivity contribution in [3.8, 4) is 5.69 Å². The van der Waals surface area contributed by atoms with Gasteiger partial charge in [-0.05, 0) is 17.1 Å². The van der Waals surface area contributed by atoms with E-state index in [1.807, 2.05) is 0 Å². The van der Waals surface area contributed by atoms with Gasteiger partial charge in [0.15, 0.2) is 5.69 Å². The van der Waals surface area contributed by atoms with E-state index >= 15 is 0 Å². The second-order valence-electron chi connectivity index (χ2n) is 3.00. The van der Waals surface area contributed by atoms with Crippen LogP contribution in [0.15, 0.2) is 36.5 Å². The van der Waals surface area contributed by atoms with E-state index < -0.39 is 4.92 Å². The van der Waals surface area contributed by atoms with Crippen LogP contribution in [0.5, 0.6) is 0 Å². The van der Waals surface area contributed by atoms with Crippen LogP contribution < -0.4 is 0 Å².